The first-order valence-electron chi connectivity index (χ1n) is 8.60. The molecule has 0 atom stereocenters. The largest absolute Gasteiger partial charge is 0.347 e. The van der Waals surface area contributed by atoms with Gasteiger partial charge in [0, 0.05) is 26.3 Å². The molecule has 2 rings (SSSR count). The summed E-state index contributed by atoms with van der Waals surface area (Å²) in [7, 11) is -0.798. The van der Waals surface area contributed by atoms with Crippen LogP contribution in [0, 0.1) is 0 Å². The summed E-state index contributed by atoms with van der Waals surface area (Å²) < 4.78 is 2.40. The number of para-hydroxylation sites is 1. The van der Waals surface area contributed by atoms with Gasteiger partial charge in [-0.25, -0.2) is 0 Å². The van der Waals surface area contributed by atoms with E-state index >= 15 is 0 Å². The summed E-state index contributed by atoms with van der Waals surface area (Å²) in [4.78, 5) is 0. The monoisotopic (exact) mass is 301 g/mol. The first kappa shape index (κ1) is 16.3. The summed E-state index contributed by atoms with van der Waals surface area (Å²) in [6.07, 6.45) is 10.7. The second-order valence-electron chi connectivity index (χ2n) is 7.50. The van der Waals surface area contributed by atoms with Crippen molar-refractivity contribution in [3.05, 3.63) is 36.5 Å². The summed E-state index contributed by atoms with van der Waals surface area (Å²) in [5.74, 6) is 0. The number of benzene rings is 1. The van der Waals surface area contributed by atoms with Gasteiger partial charge in [0.15, 0.2) is 0 Å². The molecular formula is C19H31NSi. The van der Waals surface area contributed by atoms with Crippen molar-refractivity contribution in [2.45, 2.75) is 70.8 Å². The topological polar surface area (TPSA) is 4.93 Å². The molecule has 0 unspecified atom stereocenters. The molecule has 0 aliphatic heterocycles. The van der Waals surface area contributed by atoms with Gasteiger partial charge in [0.2, 0.25) is 0 Å². The van der Waals surface area contributed by atoms with Crippen molar-refractivity contribution in [1.82, 2.24) is 4.57 Å². The molecule has 2 heteroatoms. The first-order valence-corrected chi connectivity index (χ1v) is 12.3. The van der Waals surface area contributed by atoms with Gasteiger partial charge in [0.1, 0.15) is 0 Å². The summed E-state index contributed by atoms with van der Waals surface area (Å²) in [6.45, 7) is 8.61. The molecule has 0 saturated heterocycles. The maximum absolute atomic E-state index is 2.48. The summed E-state index contributed by atoms with van der Waals surface area (Å²) >= 11 is 0. The second-order valence-corrected chi connectivity index (χ2v) is 13.1. The van der Waals surface area contributed by atoms with Gasteiger partial charge in [-0.05, 0) is 23.9 Å². The molecule has 0 radical (unpaired) electrons. The van der Waals surface area contributed by atoms with Gasteiger partial charge >= 0.3 is 0 Å². The van der Waals surface area contributed by atoms with Gasteiger partial charge in [-0.2, -0.15) is 0 Å². The third-order valence-corrected chi connectivity index (χ3v) is 6.11. The van der Waals surface area contributed by atoms with Gasteiger partial charge in [0.05, 0.1) is 0 Å². The van der Waals surface area contributed by atoms with Gasteiger partial charge in [-0.15, -0.1) is 0 Å². The van der Waals surface area contributed by atoms with Gasteiger partial charge < -0.3 is 4.57 Å². The zero-order valence-electron chi connectivity index (χ0n) is 14.1. The normalized spacial score (nSPS) is 12.1. The molecule has 0 N–H and O–H groups in total. The third-order valence-electron chi connectivity index (χ3n) is 4.26. The van der Waals surface area contributed by atoms with Crippen LogP contribution in [0.4, 0.5) is 0 Å². The molecule has 0 amide bonds. The zero-order valence-corrected chi connectivity index (χ0v) is 15.1. The molecule has 1 nitrogen and oxygen atoms in total. The Morgan fingerprint density at radius 3 is 2.24 bits per heavy atom. The van der Waals surface area contributed by atoms with Crippen LogP contribution in [0.3, 0.4) is 0 Å². The first-order chi connectivity index (χ1) is 10.1. The highest BCUT2D eigenvalue weighted by molar-refractivity contribution is 6.76. The predicted molar refractivity (Wildman–Crippen MR) is 97.8 cm³/mol. The fourth-order valence-corrected chi connectivity index (χ4v) is 4.29. The van der Waals surface area contributed by atoms with Crippen molar-refractivity contribution < 1.29 is 0 Å². The van der Waals surface area contributed by atoms with Crippen molar-refractivity contribution in [2.75, 3.05) is 0 Å². The Bertz CT molecular complexity index is 536. The molecule has 1 heterocycles. The van der Waals surface area contributed by atoms with Crippen LogP contribution in [-0.2, 0) is 6.54 Å². The molecule has 0 aliphatic rings. The molecule has 0 spiro atoms. The zero-order chi connectivity index (χ0) is 15.1. The van der Waals surface area contributed by atoms with E-state index in [4.69, 9.17) is 0 Å². The molecule has 1 aromatic carbocycles. The minimum atomic E-state index is -0.798. The lowest BCUT2D eigenvalue weighted by molar-refractivity contribution is 0.564. The summed E-state index contributed by atoms with van der Waals surface area (Å²) in [5, 5.41) is 1.36. The van der Waals surface area contributed by atoms with Crippen molar-refractivity contribution in [2.24, 2.45) is 0 Å². The standard InChI is InChI=1S/C19H31NSi/c1-21(2,3)17-11-7-5-4-6-10-15-20-16-14-18-12-8-9-13-19(18)20/h8-9,12-14,16H,4-7,10-11,15,17H2,1-3H3. The number of hydrogen-bond acceptors (Lipinski definition) is 0. The van der Waals surface area contributed by atoms with E-state index in [1.165, 1.54) is 62.0 Å². The number of aryl methyl sites for hydroxylation is 1. The molecule has 116 valence electrons. The van der Waals surface area contributed by atoms with E-state index in [0.29, 0.717) is 0 Å². The number of fused-ring (bicyclic) bond motifs is 1. The second kappa shape index (κ2) is 7.84. The Hall–Kier alpha value is -1.02. The SMILES string of the molecule is C[Si](C)(C)CCCCCCCCn1ccc2ccccc21. The Kier molecular flexibility index (Phi) is 6.10. The maximum Gasteiger partial charge on any atom is 0.0480 e. The number of rotatable bonds is 9. The van der Waals surface area contributed by atoms with Crippen LogP contribution in [0.1, 0.15) is 38.5 Å². The van der Waals surface area contributed by atoms with E-state index in [1.54, 1.807) is 0 Å². The van der Waals surface area contributed by atoms with Crippen LogP contribution in [0.15, 0.2) is 36.5 Å². The van der Waals surface area contributed by atoms with E-state index in [1.807, 2.05) is 0 Å². The third kappa shape index (κ3) is 5.70. The van der Waals surface area contributed by atoms with Crippen LogP contribution < -0.4 is 0 Å². The van der Waals surface area contributed by atoms with E-state index in [-0.39, 0.29) is 0 Å². The molecule has 2 aromatic rings. The van der Waals surface area contributed by atoms with Crippen LogP contribution in [0.5, 0.6) is 0 Å². The van der Waals surface area contributed by atoms with E-state index < -0.39 is 8.07 Å². The maximum atomic E-state index is 2.48. The van der Waals surface area contributed by atoms with Crippen molar-refractivity contribution in [3.63, 3.8) is 0 Å². The minimum Gasteiger partial charge on any atom is -0.347 e. The molecule has 0 bridgehead atoms. The lowest BCUT2D eigenvalue weighted by Crippen LogP contribution is -2.18. The summed E-state index contributed by atoms with van der Waals surface area (Å²) in [5.41, 5.74) is 1.38. The highest BCUT2D eigenvalue weighted by Crippen LogP contribution is 2.17. The molecule has 0 aliphatic carbocycles. The molecular weight excluding hydrogens is 270 g/mol. The highest BCUT2D eigenvalue weighted by atomic mass is 28.3. The minimum absolute atomic E-state index is 0.798. The molecule has 0 saturated carbocycles. The Labute approximate surface area is 131 Å². The van der Waals surface area contributed by atoms with Gasteiger partial charge in [0.25, 0.3) is 0 Å². The molecule has 1 aromatic heterocycles. The lowest BCUT2D eigenvalue weighted by atomic mass is 10.1. The van der Waals surface area contributed by atoms with Gasteiger partial charge in [-0.3, -0.25) is 0 Å². The summed E-state index contributed by atoms with van der Waals surface area (Å²) in [6, 6.07) is 12.4. The van der Waals surface area contributed by atoms with Crippen molar-refractivity contribution >= 4 is 19.0 Å². The molecule has 0 fully saturated rings. The van der Waals surface area contributed by atoms with E-state index in [0.717, 1.165) is 0 Å². The predicted octanol–water partition coefficient (Wildman–Crippen LogP) is 6.32. The van der Waals surface area contributed by atoms with Gasteiger partial charge in [-0.1, -0.05) is 76.0 Å². The molecule has 21 heavy (non-hydrogen) atoms. The van der Waals surface area contributed by atoms with E-state index in [9.17, 15) is 0 Å². The Morgan fingerprint density at radius 2 is 1.48 bits per heavy atom. The lowest BCUT2D eigenvalue weighted by Gasteiger charge is -2.14. The van der Waals surface area contributed by atoms with E-state index in [2.05, 4.69) is 60.7 Å². The van der Waals surface area contributed by atoms with Crippen LogP contribution in [-0.4, -0.2) is 12.6 Å². The number of hydrogen-bond donors (Lipinski definition) is 0. The van der Waals surface area contributed by atoms with Crippen molar-refractivity contribution in [3.8, 4) is 0 Å². The van der Waals surface area contributed by atoms with Crippen LogP contribution in [0.25, 0.3) is 10.9 Å². The van der Waals surface area contributed by atoms with Crippen molar-refractivity contribution in [1.29, 1.82) is 0 Å². The fraction of sp³-hybridized carbons (Fsp3) is 0.579. The number of aromatic nitrogens is 1. The van der Waals surface area contributed by atoms with Crippen LogP contribution in [0.2, 0.25) is 25.7 Å². The average molecular weight is 302 g/mol. The van der Waals surface area contributed by atoms with Crippen LogP contribution >= 0.6 is 0 Å². The Morgan fingerprint density at radius 1 is 0.810 bits per heavy atom. The smallest absolute Gasteiger partial charge is 0.0480 e. The highest BCUT2D eigenvalue weighted by Gasteiger charge is 2.11. The average Bonchev–Trinajstić information content (AvgIpc) is 2.84. The number of unbranched alkanes of at least 4 members (excludes halogenated alkanes) is 5. The quantitative estimate of drug-likeness (QED) is 0.377. The fourth-order valence-electron chi connectivity index (χ4n) is 2.98. The number of nitrogens with zero attached hydrogens (tertiary/aromatic N) is 1. The Balaban J connectivity index is 1.58.